The average Bonchev–Trinajstić information content (AvgIpc) is 2.40. The fourth-order valence-electron chi connectivity index (χ4n) is 1.95. The highest BCUT2D eigenvalue weighted by atomic mass is 79.9. The summed E-state index contributed by atoms with van der Waals surface area (Å²) in [5, 5.41) is 0.987. The molecule has 1 saturated heterocycles. The van der Waals surface area contributed by atoms with Crippen LogP contribution in [0.1, 0.15) is 10.5 Å². The summed E-state index contributed by atoms with van der Waals surface area (Å²) in [5.41, 5.74) is 0.543. The van der Waals surface area contributed by atoms with Crippen molar-refractivity contribution in [3.05, 3.63) is 30.1 Å². The molecule has 0 saturated carbocycles. The van der Waals surface area contributed by atoms with Crippen LogP contribution in [0.3, 0.4) is 0 Å². The Morgan fingerprint density at radius 3 is 2.65 bits per heavy atom. The molecule has 1 aliphatic rings. The molecule has 4 nitrogen and oxygen atoms in total. The predicted octanol–water partition coefficient (Wildman–Crippen LogP) is 1.23. The van der Waals surface area contributed by atoms with E-state index in [0.717, 1.165) is 38.1 Å². The lowest BCUT2D eigenvalue weighted by Gasteiger charge is -2.34. The number of aromatic nitrogens is 1. The number of amides is 1. The van der Waals surface area contributed by atoms with Crippen molar-refractivity contribution in [2.75, 3.05) is 38.1 Å². The lowest BCUT2D eigenvalue weighted by atomic mass is 10.2. The van der Waals surface area contributed by atoms with E-state index in [0.29, 0.717) is 5.69 Å². The summed E-state index contributed by atoms with van der Waals surface area (Å²) in [4.78, 5) is 20.4. The molecule has 0 aromatic carbocycles. The zero-order valence-corrected chi connectivity index (χ0v) is 11.3. The van der Waals surface area contributed by atoms with Crippen molar-refractivity contribution in [2.24, 2.45) is 0 Å². The highest BCUT2D eigenvalue weighted by molar-refractivity contribution is 9.09. The van der Waals surface area contributed by atoms with Gasteiger partial charge in [0.15, 0.2) is 0 Å². The van der Waals surface area contributed by atoms with Crippen LogP contribution < -0.4 is 0 Å². The minimum absolute atomic E-state index is 0.0455. The molecule has 1 aliphatic heterocycles. The maximum absolute atomic E-state index is 12.1. The lowest BCUT2D eigenvalue weighted by Crippen LogP contribution is -2.49. The Kier molecular flexibility index (Phi) is 4.50. The second-order valence-electron chi connectivity index (χ2n) is 4.04. The molecule has 1 fully saturated rings. The molecule has 1 aromatic rings. The van der Waals surface area contributed by atoms with Gasteiger partial charge in [-0.05, 0) is 12.1 Å². The molecule has 1 aromatic heterocycles. The zero-order chi connectivity index (χ0) is 12.1. The molecule has 0 N–H and O–H groups in total. The van der Waals surface area contributed by atoms with Crippen LogP contribution in [0, 0.1) is 0 Å². The van der Waals surface area contributed by atoms with Gasteiger partial charge in [-0.1, -0.05) is 22.0 Å². The fraction of sp³-hybridized carbons (Fsp3) is 0.500. The predicted molar refractivity (Wildman–Crippen MR) is 70.4 cm³/mol. The Labute approximate surface area is 110 Å². The molecular weight excluding hydrogens is 282 g/mol. The molecule has 5 heteroatoms. The van der Waals surface area contributed by atoms with Crippen molar-refractivity contribution in [3.63, 3.8) is 0 Å². The molecule has 0 unspecified atom stereocenters. The molecule has 0 aliphatic carbocycles. The first-order valence-corrected chi connectivity index (χ1v) is 6.92. The molecule has 2 heterocycles. The van der Waals surface area contributed by atoms with Crippen LogP contribution in [0.2, 0.25) is 0 Å². The Morgan fingerprint density at radius 1 is 1.29 bits per heavy atom. The van der Waals surface area contributed by atoms with Gasteiger partial charge < -0.3 is 4.90 Å². The van der Waals surface area contributed by atoms with Gasteiger partial charge in [-0.25, -0.2) is 0 Å². The number of halogens is 1. The normalized spacial score (nSPS) is 17.1. The third-order valence-electron chi connectivity index (χ3n) is 2.94. The van der Waals surface area contributed by atoms with E-state index in [4.69, 9.17) is 0 Å². The summed E-state index contributed by atoms with van der Waals surface area (Å²) in [6, 6.07) is 5.44. The Morgan fingerprint density at radius 2 is 2.06 bits per heavy atom. The molecule has 92 valence electrons. The van der Waals surface area contributed by atoms with Crippen molar-refractivity contribution >= 4 is 21.8 Å². The number of alkyl halides is 1. The summed E-state index contributed by atoms with van der Waals surface area (Å²) in [6.07, 6.45) is 1.66. The third kappa shape index (κ3) is 3.26. The number of hydrogen-bond donors (Lipinski definition) is 0. The van der Waals surface area contributed by atoms with Crippen molar-refractivity contribution in [2.45, 2.75) is 0 Å². The van der Waals surface area contributed by atoms with Gasteiger partial charge in [0.25, 0.3) is 5.91 Å². The first-order chi connectivity index (χ1) is 8.31. The SMILES string of the molecule is O=C(c1ccccn1)N1CCN(CCBr)CC1. The number of nitrogens with zero attached hydrogens (tertiary/aromatic N) is 3. The van der Waals surface area contributed by atoms with Crippen LogP contribution in [-0.2, 0) is 0 Å². The molecule has 17 heavy (non-hydrogen) atoms. The molecule has 2 rings (SSSR count). The van der Waals surface area contributed by atoms with Crippen LogP contribution in [0.25, 0.3) is 0 Å². The van der Waals surface area contributed by atoms with Crippen molar-refractivity contribution in [1.82, 2.24) is 14.8 Å². The standard InChI is InChI=1S/C12H16BrN3O/c13-4-6-15-7-9-16(10-8-15)12(17)11-3-1-2-5-14-11/h1-3,5H,4,6-10H2. The number of carbonyl (C=O) groups excluding carboxylic acids is 1. The summed E-state index contributed by atoms with van der Waals surface area (Å²) in [7, 11) is 0. The maximum atomic E-state index is 12.1. The van der Waals surface area contributed by atoms with Gasteiger partial charge in [0.1, 0.15) is 5.69 Å². The topological polar surface area (TPSA) is 36.4 Å². The van der Waals surface area contributed by atoms with Gasteiger partial charge in [-0.2, -0.15) is 0 Å². The first-order valence-electron chi connectivity index (χ1n) is 5.80. The quantitative estimate of drug-likeness (QED) is 0.788. The van der Waals surface area contributed by atoms with Gasteiger partial charge in [-0.15, -0.1) is 0 Å². The number of piperazine rings is 1. The summed E-state index contributed by atoms with van der Waals surface area (Å²) in [6.45, 7) is 4.53. The number of hydrogen-bond acceptors (Lipinski definition) is 3. The van der Waals surface area contributed by atoms with Crippen molar-refractivity contribution < 1.29 is 4.79 Å². The zero-order valence-electron chi connectivity index (χ0n) is 9.68. The van der Waals surface area contributed by atoms with E-state index in [1.54, 1.807) is 12.3 Å². The number of pyridine rings is 1. The largest absolute Gasteiger partial charge is 0.335 e. The Hall–Kier alpha value is -0.940. The average molecular weight is 298 g/mol. The fourth-order valence-corrected chi connectivity index (χ4v) is 2.45. The van der Waals surface area contributed by atoms with E-state index >= 15 is 0 Å². The third-order valence-corrected chi connectivity index (χ3v) is 3.30. The Bertz CT molecular complexity index is 363. The minimum atomic E-state index is 0.0455. The van der Waals surface area contributed by atoms with Crippen LogP contribution >= 0.6 is 15.9 Å². The molecular formula is C12H16BrN3O. The van der Waals surface area contributed by atoms with Crippen LogP contribution in [0.15, 0.2) is 24.4 Å². The maximum Gasteiger partial charge on any atom is 0.272 e. The summed E-state index contributed by atoms with van der Waals surface area (Å²) < 4.78 is 0. The molecule has 1 amide bonds. The van der Waals surface area contributed by atoms with E-state index in [1.807, 2.05) is 17.0 Å². The molecule has 0 radical (unpaired) electrons. The van der Waals surface area contributed by atoms with E-state index < -0.39 is 0 Å². The molecule has 0 spiro atoms. The summed E-state index contributed by atoms with van der Waals surface area (Å²) in [5.74, 6) is 0.0455. The number of carbonyl (C=O) groups is 1. The molecule has 0 atom stereocenters. The van der Waals surface area contributed by atoms with Gasteiger partial charge >= 0.3 is 0 Å². The van der Waals surface area contributed by atoms with E-state index in [-0.39, 0.29) is 5.91 Å². The summed E-state index contributed by atoms with van der Waals surface area (Å²) >= 11 is 3.43. The lowest BCUT2D eigenvalue weighted by molar-refractivity contribution is 0.0639. The van der Waals surface area contributed by atoms with E-state index in [2.05, 4.69) is 25.8 Å². The van der Waals surface area contributed by atoms with Crippen molar-refractivity contribution in [1.29, 1.82) is 0 Å². The first kappa shape index (κ1) is 12.5. The second kappa shape index (κ2) is 6.12. The number of rotatable bonds is 3. The van der Waals surface area contributed by atoms with E-state index in [1.165, 1.54) is 0 Å². The van der Waals surface area contributed by atoms with Crippen LogP contribution in [0.4, 0.5) is 0 Å². The Balaban J connectivity index is 1.91. The van der Waals surface area contributed by atoms with Crippen LogP contribution in [0.5, 0.6) is 0 Å². The van der Waals surface area contributed by atoms with Gasteiger partial charge in [-0.3, -0.25) is 14.7 Å². The highest BCUT2D eigenvalue weighted by Crippen LogP contribution is 2.06. The van der Waals surface area contributed by atoms with Crippen LogP contribution in [-0.4, -0.2) is 58.7 Å². The monoisotopic (exact) mass is 297 g/mol. The smallest absolute Gasteiger partial charge is 0.272 e. The molecule has 0 bridgehead atoms. The minimum Gasteiger partial charge on any atom is -0.335 e. The van der Waals surface area contributed by atoms with Crippen molar-refractivity contribution in [3.8, 4) is 0 Å². The second-order valence-corrected chi connectivity index (χ2v) is 4.83. The van der Waals surface area contributed by atoms with Gasteiger partial charge in [0.05, 0.1) is 0 Å². The van der Waals surface area contributed by atoms with Gasteiger partial charge in [0, 0.05) is 44.3 Å². The highest BCUT2D eigenvalue weighted by Gasteiger charge is 2.22. The van der Waals surface area contributed by atoms with E-state index in [9.17, 15) is 4.79 Å². The van der Waals surface area contributed by atoms with Gasteiger partial charge in [0.2, 0.25) is 0 Å².